The summed E-state index contributed by atoms with van der Waals surface area (Å²) < 4.78 is 70.9. The van der Waals surface area contributed by atoms with Gasteiger partial charge in [0.15, 0.2) is 37.2 Å². The number of fused-ring (bicyclic) bond motifs is 7. The molecule has 0 aromatic heterocycles. The van der Waals surface area contributed by atoms with Crippen molar-refractivity contribution in [1.29, 1.82) is 0 Å². The first-order valence-electron chi connectivity index (χ1n) is 30.5. The van der Waals surface area contributed by atoms with E-state index in [-0.39, 0.29) is 52.4 Å². The van der Waals surface area contributed by atoms with Gasteiger partial charge >= 0.3 is 0 Å². The van der Waals surface area contributed by atoms with Gasteiger partial charge in [0.1, 0.15) is 116 Å². The summed E-state index contributed by atoms with van der Waals surface area (Å²) in [4.78, 5) is 0. The molecule has 0 aromatic rings. The zero-order valence-electron chi connectivity index (χ0n) is 48.1. The predicted octanol–water partition coefficient (Wildman–Crippen LogP) is -6.50. The Morgan fingerprint density at radius 2 is 0.941 bits per heavy atom. The number of hydrogen-bond acceptors (Lipinski definition) is 29. The number of ether oxygens (including phenoxy) is 12. The molecule has 4 saturated carbocycles. The molecule has 0 amide bonds. The maximum atomic E-state index is 12.2. The molecule has 1 spiro atoms. The third-order valence-corrected chi connectivity index (χ3v) is 22.2. The van der Waals surface area contributed by atoms with Crippen molar-refractivity contribution in [3.05, 3.63) is 0 Å². The molecule has 29 nitrogen and oxygen atoms in total. The van der Waals surface area contributed by atoms with Gasteiger partial charge in [-0.3, -0.25) is 0 Å². The summed E-state index contributed by atoms with van der Waals surface area (Å²) in [7, 11) is 0. The molecule has 38 atom stereocenters. The van der Waals surface area contributed by atoms with E-state index in [9.17, 15) is 86.8 Å². The first-order chi connectivity index (χ1) is 40.3. The van der Waals surface area contributed by atoms with Crippen molar-refractivity contribution < 1.29 is 144 Å². The first kappa shape index (κ1) is 65.3. The Balaban J connectivity index is 0.660. The summed E-state index contributed by atoms with van der Waals surface area (Å²) in [6.07, 6.45) is -38.6. The highest BCUT2D eigenvalue weighted by Crippen LogP contribution is 2.71. The smallest absolute Gasteiger partial charge is 0.187 e. The maximum Gasteiger partial charge on any atom is 0.187 e. The van der Waals surface area contributed by atoms with Crippen LogP contribution in [-0.4, -0.2) is 304 Å². The second kappa shape index (κ2) is 25.4. The van der Waals surface area contributed by atoms with Crippen molar-refractivity contribution in [2.75, 3.05) is 39.6 Å². The summed E-state index contributed by atoms with van der Waals surface area (Å²) in [5.74, 6) is 0.811. The van der Waals surface area contributed by atoms with E-state index in [1.54, 1.807) is 0 Å². The summed E-state index contributed by atoms with van der Waals surface area (Å²) >= 11 is 0. The van der Waals surface area contributed by atoms with Crippen LogP contribution in [0.25, 0.3) is 0 Å². The lowest BCUT2D eigenvalue weighted by Crippen LogP contribution is -2.67. The van der Waals surface area contributed by atoms with E-state index in [1.165, 1.54) is 0 Å². The number of hydrogen-bond donors (Lipinski definition) is 17. The number of aliphatic hydroxyl groups excluding tert-OH is 17. The van der Waals surface area contributed by atoms with Crippen LogP contribution >= 0.6 is 0 Å². The van der Waals surface area contributed by atoms with Gasteiger partial charge in [0.05, 0.1) is 64.1 Å². The molecule has 85 heavy (non-hydrogen) atoms. The molecule has 7 heterocycles. The van der Waals surface area contributed by atoms with Crippen molar-refractivity contribution in [3.63, 3.8) is 0 Å². The largest absolute Gasteiger partial charge is 0.394 e. The molecule has 11 rings (SSSR count). The van der Waals surface area contributed by atoms with Crippen LogP contribution in [0.15, 0.2) is 0 Å². The fourth-order valence-electron chi connectivity index (χ4n) is 17.5. The first-order valence-corrected chi connectivity index (χ1v) is 30.5. The van der Waals surface area contributed by atoms with Gasteiger partial charge < -0.3 is 144 Å². The van der Waals surface area contributed by atoms with Crippen LogP contribution in [0.1, 0.15) is 79.1 Å². The van der Waals surface area contributed by atoms with E-state index in [0.717, 1.165) is 38.5 Å². The van der Waals surface area contributed by atoms with Crippen molar-refractivity contribution in [3.8, 4) is 0 Å². The minimum atomic E-state index is -2.10. The molecule has 0 radical (unpaired) electrons. The quantitative estimate of drug-likeness (QED) is 0.0725. The van der Waals surface area contributed by atoms with Gasteiger partial charge in [0.2, 0.25) is 0 Å². The molecule has 0 bridgehead atoms. The van der Waals surface area contributed by atoms with Crippen molar-refractivity contribution in [2.24, 2.45) is 52.3 Å². The minimum Gasteiger partial charge on any atom is -0.394 e. The van der Waals surface area contributed by atoms with Crippen LogP contribution < -0.4 is 0 Å². The van der Waals surface area contributed by atoms with Gasteiger partial charge in [-0.05, 0) is 85.4 Å². The standard InChI is InChI=1S/C56H92O29/c1-19-7-10-56(75-17-19)20(2)31-48(85-56)35(64)32-22-6-5-21-11-25(24(61)12-55(21,4)23(22)8-9-54(31,32)3)76-50-40(69)34(63)30(81-50)18-74-49-42(71)37(66)45(27(14-58)78-49)83-52-44(73)39(68)47(29(16-60)80-52)84-53-43(72)38(67)46(28(15-59)79-53)82-51-41(70)36(65)33(62)26(13-57)77-51/h19-53,57-73H,5-18H2,1-4H3/t19-,20+,21+,22-,23?,24-,25-,26-,27-,28-,29-,30-,31?,32?,33-,34-,35+,36+,37-,38-,39-,40+,41-,42+,43-,44+,45-,46-,47-,48-,49-,50-,51?,52+,53+,54-,55+,56-/m1/s1. The van der Waals surface area contributed by atoms with Crippen molar-refractivity contribution in [1.82, 2.24) is 0 Å². The zero-order valence-corrected chi connectivity index (χ0v) is 48.1. The highest BCUT2D eigenvalue weighted by molar-refractivity contribution is 5.19. The van der Waals surface area contributed by atoms with Gasteiger partial charge in [0, 0.05) is 18.3 Å². The van der Waals surface area contributed by atoms with Crippen LogP contribution in [0.4, 0.5) is 0 Å². The zero-order chi connectivity index (χ0) is 61.1. The lowest BCUT2D eigenvalue weighted by molar-refractivity contribution is -0.388. The van der Waals surface area contributed by atoms with Gasteiger partial charge in [-0.2, -0.15) is 0 Å². The molecule has 7 saturated heterocycles. The number of aliphatic hydroxyl groups is 17. The summed E-state index contributed by atoms with van der Waals surface area (Å²) in [5.41, 5.74) is -0.392. The molecular formula is C56H92O29. The van der Waals surface area contributed by atoms with E-state index in [4.69, 9.17) is 56.8 Å². The van der Waals surface area contributed by atoms with Crippen molar-refractivity contribution in [2.45, 2.75) is 257 Å². The van der Waals surface area contributed by atoms with E-state index in [1.807, 2.05) is 0 Å². The molecule has 4 aliphatic carbocycles. The van der Waals surface area contributed by atoms with Gasteiger partial charge in [-0.15, -0.1) is 0 Å². The van der Waals surface area contributed by atoms with Crippen LogP contribution in [0.3, 0.4) is 0 Å². The molecule has 490 valence electrons. The average molecular weight is 1230 g/mol. The Morgan fingerprint density at radius 1 is 0.459 bits per heavy atom. The summed E-state index contributed by atoms with van der Waals surface area (Å²) in [5, 5.41) is 185. The number of rotatable bonds is 15. The molecular weight excluding hydrogens is 1140 g/mol. The fourth-order valence-corrected chi connectivity index (χ4v) is 17.5. The van der Waals surface area contributed by atoms with Gasteiger partial charge in [0.25, 0.3) is 0 Å². The van der Waals surface area contributed by atoms with Crippen LogP contribution in [0.5, 0.6) is 0 Å². The second-order valence-corrected chi connectivity index (χ2v) is 26.9. The third kappa shape index (κ3) is 11.3. The summed E-state index contributed by atoms with van der Waals surface area (Å²) in [6.45, 7) is 5.56. The molecule has 11 fully saturated rings. The second-order valence-electron chi connectivity index (χ2n) is 26.9. The Morgan fingerprint density at radius 3 is 1.48 bits per heavy atom. The molecule has 0 aromatic carbocycles. The highest BCUT2D eigenvalue weighted by Gasteiger charge is 2.73. The molecule has 11 aliphatic rings. The van der Waals surface area contributed by atoms with Gasteiger partial charge in [-0.25, -0.2) is 0 Å². The monoisotopic (exact) mass is 1230 g/mol. The predicted molar refractivity (Wildman–Crippen MR) is 278 cm³/mol. The lowest BCUT2D eigenvalue weighted by Gasteiger charge is -2.62. The van der Waals surface area contributed by atoms with Crippen molar-refractivity contribution >= 4 is 0 Å². The van der Waals surface area contributed by atoms with E-state index in [2.05, 4.69) is 27.7 Å². The van der Waals surface area contributed by atoms with E-state index in [0.29, 0.717) is 25.4 Å². The van der Waals surface area contributed by atoms with E-state index < -0.39 is 205 Å². The topological polar surface area (TPSA) is 455 Å². The van der Waals surface area contributed by atoms with Crippen LogP contribution in [0.2, 0.25) is 0 Å². The van der Waals surface area contributed by atoms with Crippen LogP contribution in [0, 0.1) is 52.3 Å². The molecule has 4 unspecified atom stereocenters. The summed E-state index contributed by atoms with van der Waals surface area (Å²) in [6, 6.07) is 0. The SMILES string of the molecule is C[C@@H]1CC[C@@]2(OC1)O[C@@H]1C([C@@H]2C)[C@@]2(C)CCC3[C@@H](CC[C@H]4C[C@@H](O[C@@H]5O[C@H](CO[C@@H]6O[C@H](CO)[C@@H](O[C@@H]7O[C@H](CO)[C@@H](O[C@@H]8O[C@H](CO)[C@@H](OC9O[C@H](CO)[C@@H](O)[C@H](O)[C@H]9O)[C@H](O)[C@H]8O)[C@H](O)[C@@H]7O)[C@H](O)[C@@H]6O)[C@@H](O)[C@@H]5O)[C@H](O)C[C@]34C)C2[C@@H]1O. The Bertz CT molecular complexity index is 2210. The van der Waals surface area contributed by atoms with Gasteiger partial charge in [-0.1, -0.05) is 27.7 Å². The highest BCUT2D eigenvalue weighted by atomic mass is 16.8. The Labute approximate surface area is 491 Å². The third-order valence-electron chi connectivity index (χ3n) is 22.2. The van der Waals surface area contributed by atoms with E-state index >= 15 is 0 Å². The van der Waals surface area contributed by atoms with Crippen LogP contribution in [-0.2, 0) is 56.8 Å². The molecule has 17 N–H and O–H groups in total. The normalized spacial score (nSPS) is 57.9. The fraction of sp³-hybridized carbons (Fsp3) is 1.00. The molecule has 29 heteroatoms. The Kier molecular flexibility index (Phi) is 19.5. The minimum absolute atomic E-state index is 0.0458. The Hall–Kier alpha value is -1.16. The maximum absolute atomic E-state index is 12.2. The average Bonchev–Trinajstić information content (AvgIpc) is 1.64. The molecule has 7 aliphatic heterocycles. The lowest BCUT2D eigenvalue weighted by atomic mass is 9.44.